The molecule has 0 aromatic heterocycles. The van der Waals surface area contributed by atoms with Gasteiger partial charge in [0.2, 0.25) is 5.91 Å². The number of rotatable bonds is 6. The van der Waals surface area contributed by atoms with Gasteiger partial charge in [0.15, 0.2) is 0 Å². The van der Waals surface area contributed by atoms with Crippen molar-refractivity contribution in [2.75, 3.05) is 42.1 Å². The number of amides is 2. The Morgan fingerprint density at radius 3 is 2.50 bits per heavy atom. The van der Waals surface area contributed by atoms with E-state index in [2.05, 4.69) is 27.7 Å². The van der Waals surface area contributed by atoms with Crippen LogP contribution in [0.5, 0.6) is 0 Å². The van der Waals surface area contributed by atoms with Crippen LogP contribution in [-0.2, 0) is 17.1 Å². The smallest absolute Gasteiger partial charge is 0.254 e. The third-order valence-corrected chi connectivity index (χ3v) is 7.74. The van der Waals surface area contributed by atoms with Crippen LogP contribution < -0.4 is 15.5 Å². The lowest BCUT2D eigenvalue weighted by Gasteiger charge is -2.36. The Kier molecular flexibility index (Phi) is 7.53. The molecule has 0 aliphatic carbocycles. The van der Waals surface area contributed by atoms with Crippen molar-refractivity contribution in [3.05, 3.63) is 95.3 Å². The van der Waals surface area contributed by atoms with Gasteiger partial charge in [-0.05, 0) is 41.5 Å². The molecule has 1 unspecified atom stereocenters. The molecule has 6 nitrogen and oxygen atoms in total. The second-order valence-corrected chi connectivity index (χ2v) is 10.0. The maximum absolute atomic E-state index is 13.9. The van der Waals surface area contributed by atoms with Crippen molar-refractivity contribution >= 4 is 35.0 Å². The highest BCUT2D eigenvalue weighted by Crippen LogP contribution is 2.24. The molecule has 2 N–H and O–H groups in total. The third kappa shape index (κ3) is 5.55. The fourth-order valence-electron chi connectivity index (χ4n) is 4.55. The van der Waals surface area contributed by atoms with E-state index in [0.29, 0.717) is 48.0 Å². The maximum atomic E-state index is 13.9. The number of carbonyl (C=O) groups is 2. The van der Waals surface area contributed by atoms with E-state index in [1.807, 2.05) is 41.3 Å². The van der Waals surface area contributed by atoms with Crippen LogP contribution in [0.25, 0.3) is 0 Å². The highest BCUT2D eigenvalue weighted by molar-refractivity contribution is 7.98. The van der Waals surface area contributed by atoms with E-state index >= 15 is 0 Å². The van der Waals surface area contributed by atoms with Crippen molar-refractivity contribution in [1.82, 2.24) is 10.2 Å². The molecule has 3 aromatic rings. The Hall–Kier alpha value is -3.36. The fourth-order valence-corrected chi connectivity index (χ4v) is 5.63. The van der Waals surface area contributed by atoms with Crippen LogP contribution in [0, 0.1) is 5.82 Å². The number of hydrogen-bond donors (Lipinski definition) is 2. The first-order valence-corrected chi connectivity index (χ1v) is 13.3. The average Bonchev–Trinajstić information content (AvgIpc) is 3.07. The summed E-state index contributed by atoms with van der Waals surface area (Å²) in [5.41, 5.74) is 3.99. The Bertz CT molecular complexity index is 1230. The molecule has 0 spiro atoms. The number of anilines is 2. The number of para-hydroxylation sites is 1. The molecular formula is C28H29FN4O2S. The van der Waals surface area contributed by atoms with Gasteiger partial charge < -0.3 is 20.4 Å². The van der Waals surface area contributed by atoms with Crippen LogP contribution in [0.15, 0.2) is 72.8 Å². The van der Waals surface area contributed by atoms with Gasteiger partial charge in [-0.2, -0.15) is 11.8 Å². The minimum atomic E-state index is -0.403. The summed E-state index contributed by atoms with van der Waals surface area (Å²) < 4.78 is 13.9. The van der Waals surface area contributed by atoms with E-state index in [1.165, 1.54) is 23.5 Å². The molecule has 1 saturated heterocycles. The zero-order chi connectivity index (χ0) is 24.9. The second-order valence-electron chi connectivity index (χ2n) is 9.02. The number of nitrogens with zero attached hydrogens (tertiary/aromatic N) is 2. The number of benzene rings is 3. The molecular weight excluding hydrogens is 475 g/mol. The molecule has 2 heterocycles. The van der Waals surface area contributed by atoms with Gasteiger partial charge >= 0.3 is 0 Å². The van der Waals surface area contributed by atoms with Crippen molar-refractivity contribution in [2.24, 2.45) is 0 Å². The summed E-state index contributed by atoms with van der Waals surface area (Å²) in [6.07, 6.45) is 0. The monoisotopic (exact) mass is 504 g/mol. The molecule has 0 radical (unpaired) electrons. The fraction of sp³-hybridized carbons (Fsp3) is 0.286. The normalized spacial score (nSPS) is 17.8. The molecule has 0 saturated carbocycles. The van der Waals surface area contributed by atoms with Crippen LogP contribution in [0.3, 0.4) is 0 Å². The minimum Gasteiger partial charge on any atom is -0.368 e. The largest absolute Gasteiger partial charge is 0.368 e. The highest BCUT2D eigenvalue weighted by atomic mass is 32.2. The molecule has 36 heavy (non-hydrogen) atoms. The van der Waals surface area contributed by atoms with Crippen LogP contribution in [-0.4, -0.2) is 54.7 Å². The number of nitrogens with one attached hydrogen (secondary N) is 2. The third-order valence-electron chi connectivity index (χ3n) is 6.66. The lowest BCUT2D eigenvalue weighted by molar-refractivity contribution is -0.117. The van der Waals surface area contributed by atoms with E-state index in [-0.39, 0.29) is 17.6 Å². The van der Waals surface area contributed by atoms with E-state index < -0.39 is 6.04 Å². The van der Waals surface area contributed by atoms with E-state index in [4.69, 9.17) is 0 Å². The van der Waals surface area contributed by atoms with Gasteiger partial charge in [0.25, 0.3) is 5.91 Å². The molecule has 8 heteroatoms. The van der Waals surface area contributed by atoms with Crippen molar-refractivity contribution in [3.8, 4) is 0 Å². The van der Waals surface area contributed by atoms with Crippen LogP contribution in [0.1, 0.15) is 21.5 Å². The zero-order valence-electron chi connectivity index (χ0n) is 20.0. The van der Waals surface area contributed by atoms with Crippen LogP contribution in [0.2, 0.25) is 0 Å². The Labute approximate surface area is 214 Å². The predicted molar refractivity (Wildman–Crippen MR) is 143 cm³/mol. The van der Waals surface area contributed by atoms with E-state index in [1.54, 1.807) is 18.2 Å². The number of hydrogen-bond acceptors (Lipinski definition) is 5. The molecule has 0 bridgehead atoms. The summed E-state index contributed by atoms with van der Waals surface area (Å²) in [7, 11) is 0. The van der Waals surface area contributed by atoms with Gasteiger partial charge in [-0.25, -0.2) is 4.39 Å². The van der Waals surface area contributed by atoms with Crippen molar-refractivity contribution in [1.29, 1.82) is 0 Å². The SMILES string of the molecule is O=C1Nc2cc(C(=O)N3CCN(c4ccccc4)CC3)ccc2CNC1CSCc1ccccc1F. The summed E-state index contributed by atoms with van der Waals surface area (Å²) in [6, 6.07) is 22.1. The molecule has 1 atom stereocenters. The zero-order valence-corrected chi connectivity index (χ0v) is 20.8. The molecule has 2 amide bonds. The lowest BCUT2D eigenvalue weighted by atomic mass is 10.1. The standard InChI is InChI=1S/C28H29FN4O2S/c29-24-9-5-4-6-22(24)18-36-19-26-27(34)31-25-16-20(10-11-21(25)17-30-26)28(35)33-14-12-32(13-15-33)23-7-2-1-3-8-23/h1-11,16,26,30H,12-15,17-19H2,(H,31,34). The number of halogens is 1. The Morgan fingerprint density at radius 2 is 1.72 bits per heavy atom. The summed E-state index contributed by atoms with van der Waals surface area (Å²) in [5.74, 6) is 0.631. The number of piperazine rings is 1. The number of carbonyl (C=O) groups excluding carboxylic acids is 2. The van der Waals surface area contributed by atoms with Gasteiger partial charge in [-0.1, -0.05) is 42.5 Å². The molecule has 3 aromatic carbocycles. The second kappa shape index (κ2) is 11.1. The van der Waals surface area contributed by atoms with Crippen LogP contribution >= 0.6 is 11.8 Å². The average molecular weight is 505 g/mol. The van der Waals surface area contributed by atoms with Gasteiger partial charge in [0, 0.05) is 61.2 Å². The van der Waals surface area contributed by atoms with Crippen molar-refractivity contribution in [3.63, 3.8) is 0 Å². The van der Waals surface area contributed by atoms with Gasteiger partial charge in [0.05, 0.1) is 6.04 Å². The minimum absolute atomic E-state index is 0.0195. The first kappa shape index (κ1) is 24.3. The van der Waals surface area contributed by atoms with Crippen molar-refractivity contribution in [2.45, 2.75) is 18.3 Å². The maximum Gasteiger partial charge on any atom is 0.254 e. The molecule has 5 rings (SSSR count). The predicted octanol–water partition coefficient (Wildman–Crippen LogP) is 4.13. The van der Waals surface area contributed by atoms with Gasteiger partial charge in [-0.3, -0.25) is 9.59 Å². The Morgan fingerprint density at radius 1 is 0.972 bits per heavy atom. The van der Waals surface area contributed by atoms with E-state index in [0.717, 1.165) is 18.7 Å². The number of fused-ring (bicyclic) bond motifs is 1. The topological polar surface area (TPSA) is 64.7 Å². The molecule has 1 fully saturated rings. The van der Waals surface area contributed by atoms with Crippen molar-refractivity contribution < 1.29 is 14.0 Å². The summed E-state index contributed by atoms with van der Waals surface area (Å²) in [4.78, 5) is 30.3. The molecule has 2 aliphatic rings. The highest BCUT2D eigenvalue weighted by Gasteiger charge is 2.26. The molecule has 186 valence electrons. The quantitative estimate of drug-likeness (QED) is 0.529. The number of thioether (sulfide) groups is 1. The molecule has 2 aliphatic heterocycles. The first-order valence-electron chi connectivity index (χ1n) is 12.2. The van der Waals surface area contributed by atoms with Gasteiger partial charge in [0.1, 0.15) is 5.82 Å². The van der Waals surface area contributed by atoms with Gasteiger partial charge in [-0.15, -0.1) is 0 Å². The van der Waals surface area contributed by atoms with E-state index in [9.17, 15) is 14.0 Å². The Balaban J connectivity index is 1.18. The summed E-state index contributed by atoms with van der Waals surface area (Å²) in [6.45, 7) is 3.39. The summed E-state index contributed by atoms with van der Waals surface area (Å²) in [5, 5.41) is 6.28. The lowest BCUT2D eigenvalue weighted by Crippen LogP contribution is -2.48. The summed E-state index contributed by atoms with van der Waals surface area (Å²) >= 11 is 1.52. The van der Waals surface area contributed by atoms with Crippen LogP contribution in [0.4, 0.5) is 15.8 Å². The first-order chi connectivity index (χ1) is 17.6.